The molecule has 0 saturated heterocycles. The van der Waals surface area contributed by atoms with Crippen LogP contribution in [0.5, 0.6) is 11.5 Å². The van der Waals surface area contributed by atoms with Crippen molar-refractivity contribution in [3.63, 3.8) is 0 Å². The Morgan fingerprint density at radius 3 is 1.75 bits per heavy atom. The van der Waals surface area contributed by atoms with Gasteiger partial charge in [0, 0.05) is 36.8 Å². The largest absolute Gasteiger partial charge is 0.508 e. The van der Waals surface area contributed by atoms with Crippen molar-refractivity contribution in [2.75, 3.05) is 6.54 Å². The summed E-state index contributed by atoms with van der Waals surface area (Å²) in [7, 11) is 0. The van der Waals surface area contributed by atoms with Crippen LogP contribution < -0.4 is 10.6 Å². The van der Waals surface area contributed by atoms with Crippen molar-refractivity contribution in [2.45, 2.75) is 97.7 Å². The SMILES string of the molecule is CCCCC(CNCc1cc(C(C)(C)C)ccc1O)NCc1cc(C(C)(C)C)ccc1O. The van der Waals surface area contributed by atoms with Gasteiger partial charge in [0.2, 0.25) is 0 Å². The smallest absolute Gasteiger partial charge is 0.120 e. The summed E-state index contributed by atoms with van der Waals surface area (Å²) >= 11 is 0. The minimum Gasteiger partial charge on any atom is -0.508 e. The van der Waals surface area contributed by atoms with Gasteiger partial charge in [-0.05, 0) is 40.5 Å². The molecule has 2 aromatic carbocycles. The predicted molar refractivity (Wildman–Crippen MR) is 135 cm³/mol. The van der Waals surface area contributed by atoms with E-state index in [0.29, 0.717) is 30.6 Å². The summed E-state index contributed by atoms with van der Waals surface area (Å²) in [5, 5.41) is 27.8. The number of rotatable bonds is 10. The van der Waals surface area contributed by atoms with E-state index < -0.39 is 0 Å². The third kappa shape index (κ3) is 7.83. The molecule has 2 rings (SSSR count). The number of phenolic OH excluding ortho intramolecular Hbond substituents is 2. The average Bonchev–Trinajstić information content (AvgIpc) is 2.70. The van der Waals surface area contributed by atoms with Gasteiger partial charge in [0.1, 0.15) is 11.5 Å². The van der Waals surface area contributed by atoms with E-state index in [4.69, 9.17) is 0 Å². The molecule has 0 amide bonds. The molecule has 0 bridgehead atoms. The normalized spacial score (nSPS) is 13.3. The Labute approximate surface area is 195 Å². The second-order valence-electron chi connectivity index (χ2n) is 11.0. The van der Waals surface area contributed by atoms with E-state index in [1.54, 1.807) is 6.07 Å². The van der Waals surface area contributed by atoms with Gasteiger partial charge in [-0.1, -0.05) is 85.6 Å². The summed E-state index contributed by atoms with van der Waals surface area (Å²) in [4.78, 5) is 0. The molecule has 0 aromatic heterocycles. The van der Waals surface area contributed by atoms with E-state index >= 15 is 0 Å². The molecule has 178 valence electrons. The lowest BCUT2D eigenvalue weighted by molar-refractivity contribution is 0.418. The van der Waals surface area contributed by atoms with Crippen LogP contribution in [0.2, 0.25) is 0 Å². The molecule has 32 heavy (non-hydrogen) atoms. The van der Waals surface area contributed by atoms with Crippen molar-refractivity contribution in [1.29, 1.82) is 0 Å². The van der Waals surface area contributed by atoms with E-state index in [9.17, 15) is 10.2 Å². The van der Waals surface area contributed by atoms with Crippen LogP contribution in [0.1, 0.15) is 90.0 Å². The van der Waals surface area contributed by atoms with Crippen molar-refractivity contribution in [1.82, 2.24) is 10.6 Å². The molecule has 0 aliphatic carbocycles. The highest BCUT2D eigenvalue weighted by Crippen LogP contribution is 2.28. The van der Waals surface area contributed by atoms with Gasteiger partial charge in [-0.2, -0.15) is 0 Å². The number of nitrogens with one attached hydrogen (secondary N) is 2. The third-order valence-electron chi connectivity index (χ3n) is 6.08. The summed E-state index contributed by atoms with van der Waals surface area (Å²) < 4.78 is 0. The summed E-state index contributed by atoms with van der Waals surface area (Å²) in [5.41, 5.74) is 4.43. The first-order valence-electron chi connectivity index (χ1n) is 12.0. The Morgan fingerprint density at radius 2 is 1.28 bits per heavy atom. The average molecular weight is 441 g/mol. The van der Waals surface area contributed by atoms with E-state index in [1.165, 1.54) is 11.1 Å². The lowest BCUT2D eigenvalue weighted by atomic mass is 9.86. The fraction of sp³-hybridized carbons (Fsp3) is 0.571. The number of aromatic hydroxyl groups is 2. The third-order valence-corrected chi connectivity index (χ3v) is 6.08. The topological polar surface area (TPSA) is 64.5 Å². The summed E-state index contributed by atoms with van der Waals surface area (Å²) in [6.45, 7) is 17.4. The van der Waals surface area contributed by atoms with Gasteiger partial charge in [-0.15, -0.1) is 0 Å². The minimum absolute atomic E-state index is 0.0508. The Kier molecular flexibility index (Phi) is 9.18. The van der Waals surface area contributed by atoms with Crippen LogP contribution in [-0.2, 0) is 23.9 Å². The molecule has 0 spiro atoms. The highest BCUT2D eigenvalue weighted by atomic mass is 16.3. The van der Waals surface area contributed by atoms with Crippen LogP contribution in [0.3, 0.4) is 0 Å². The van der Waals surface area contributed by atoms with Gasteiger partial charge in [-0.25, -0.2) is 0 Å². The first kappa shape index (κ1) is 26.2. The maximum absolute atomic E-state index is 10.4. The van der Waals surface area contributed by atoms with Crippen LogP contribution in [0.25, 0.3) is 0 Å². The van der Waals surface area contributed by atoms with Crippen molar-refractivity contribution < 1.29 is 10.2 Å². The van der Waals surface area contributed by atoms with Crippen LogP contribution >= 0.6 is 0 Å². The van der Waals surface area contributed by atoms with Gasteiger partial charge in [0.25, 0.3) is 0 Å². The Hall–Kier alpha value is -2.04. The number of phenols is 2. The molecule has 0 saturated carbocycles. The molecule has 0 aliphatic heterocycles. The molecule has 0 fully saturated rings. The maximum atomic E-state index is 10.4. The molecule has 0 heterocycles. The molecule has 4 heteroatoms. The standard InChI is InChI=1S/C28H44N2O2/c1-8-9-10-24(30-18-21-16-23(28(5,6)7)12-14-26(21)32)19-29-17-20-15-22(27(2,3)4)11-13-25(20)31/h11-16,24,29-32H,8-10,17-19H2,1-7H3. The van der Waals surface area contributed by atoms with Gasteiger partial charge in [-0.3, -0.25) is 0 Å². The summed E-state index contributed by atoms with van der Waals surface area (Å²) in [5.74, 6) is 0.684. The molecule has 2 aromatic rings. The number of unbranched alkanes of at least 4 members (excludes halogenated alkanes) is 1. The van der Waals surface area contributed by atoms with Crippen molar-refractivity contribution in [2.24, 2.45) is 0 Å². The highest BCUT2D eigenvalue weighted by Gasteiger charge is 2.17. The number of hydrogen-bond donors (Lipinski definition) is 4. The summed E-state index contributed by atoms with van der Waals surface area (Å²) in [6, 6.07) is 12.1. The fourth-order valence-electron chi connectivity index (χ4n) is 3.75. The first-order valence-corrected chi connectivity index (χ1v) is 12.0. The van der Waals surface area contributed by atoms with Gasteiger partial charge in [0.05, 0.1) is 0 Å². The zero-order valence-electron chi connectivity index (χ0n) is 21.2. The monoisotopic (exact) mass is 440 g/mol. The zero-order valence-corrected chi connectivity index (χ0v) is 21.2. The molecular weight excluding hydrogens is 396 g/mol. The Bertz CT molecular complexity index is 863. The van der Waals surface area contributed by atoms with E-state index in [0.717, 1.165) is 36.9 Å². The quantitative estimate of drug-likeness (QED) is 0.359. The first-order chi connectivity index (χ1) is 14.9. The maximum Gasteiger partial charge on any atom is 0.120 e. The molecule has 1 atom stereocenters. The predicted octanol–water partition coefficient (Wildman–Crippen LogP) is 6.13. The van der Waals surface area contributed by atoms with E-state index in [-0.39, 0.29) is 10.8 Å². The lowest BCUT2D eigenvalue weighted by Crippen LogP contribution is -2.38. The molecule has 0 radical (unpaired) electrons. The molecular formula is C28H44N2O2. The van der Waals surface area contributed by atoms with E-state index in [2.05, 4.69) is 71.2 Å². The highest BCUT2D eigenvalue weighted by molar-refractivity contribution is 5.39. The van der Waals surface area contributed by atoms with Gasteiger partial charge < -0.3 is 20.8 Å². The summed E-state index contributed by atoms with van der Waals surface area (Å²) in [6.07, 6.45) is 3.37. The van der Waals surface area contributed by atoms with Crippen molar-refractivity contribution in [3.05, 3.63) is 58.7 Å². The fourth-order valence-corrected chi connectivity index (χ4v) is 3.75. The van der Waals surface area contributed by atoms with Crippen LogP contribution in [0.4, 0.5) is 0 Å². The Balaban J connectivity index is 2.01. The molecule has 0 aliphatic rings. The molecule has 4 N–H and O–H groups in total. The van der Waals surface area contributed by atoms with Crippen molar-refractivity contribution >= 4 is 0 Å². The second-order valence-corrected chi connectivity index (χ2v) is 11.0. The number of hydrogen-bond acceptors (Lipinski definition) is 4. The zero-order chi connectivity index (χ0) is 23.9. The molecule has 4 nitrogen and oxygen atoms in total. The van der Waals surface area contributed by atoms with Crippen molar-refractivity contribution in [3.8, 4) is 11.5 Å². The lowest BCUT2D eigenvalue weighted by Gasteiger charge is -2.23. The minimum atomic E-state index is 0.0508. The Morgan fingerprint density at radius 1 is 0.781 bits per heavy atom. The van der Waals surface area contributed by atoms with Crippen LogP contribution in [0, 0.1) is 0 Å². The van der Waals surface area contributed by atoms with Gasteiger partial charge in [0.15, 0.2) is 0 Å². The van der Waals surface area contributed by atoms with Crippen LogP contribution in [0.15, 0.2) is 36.4 Å². The van der Waals surface area contributed by atoms with Crippen LogP contribution in [-0.4, -0.2) is 22.8 Å². The van der Waals surface area contributed by atoms with E-state index in [1.807, 2.05) is 18.2 Å². The number of benzene rings is 2. The van der Waals surface area contributed by atoms with Gasteiger partial charge >= 0.3 is 0 Å². The molecule has 1 unspecified atom stereocenters. The second kappa shape index (κ2) is 11.2.